The van der Waals surface area contributed by atoms with Crippen LogP contribution in [0, 0.1) is 6.92 Å². The van der Waals surface area contributed by atoms with Gasteiger partial charge >= 0.3 is 0 Å². The maximum Gasteiger partial charge on any atom is 0.206 e. The molecule has 0 spiro atoms. The second kappa shape index (κ2) is 4.97. The van der Waals surface area contributed by atoms with Crippen molar-refractivity contribution in [2.75, 3.05) is 0 Å². The van der Waals surface area contributed by atoms with Gasteiger partial charge in [-0.1, -0.05) is 29.8 Å². The zero-order valence-electron chi connectivity index (χ0n) is 10.6. The van der Waals surface area contributed by atoms with Gasteiger partial charge in [-0.05, 0) is 29.8 Å². The lowest BCUT2D eigenvalue weighted by Gasteiger charge is -1.99. The molecule has 0 saturated heterocycles. The highest BCUT2D eigenvalue weighted by Crippen LogP contribution is 2.11. The van der Waals surface area contributed by atoms with Gasteiger partial charge in [0.25, 0.3) is 0 Å². The van der Waals surface area contributed by atoms with Gasteiger partial charge < -0.3 is 0 Å². The molecule has 0 unspecified atom stereocenters. The summed E-state index contributed by atoms with van der Waals surface area (Å²) in [6.45, 7) is 2.69. The van der Waals surface area contributed by atoms with E-state index in [9.17, 15) is 0 Å². The molecule has 94 valence electrons. The zero-order chi connectivity index (χ0) is 13.1. The van der Waals surface area contributed by atoms with Crippen LogP contribution in [0.1, 0.15) is 11.1 Å². The molecule has 3 aromatic rings. The number of benzene rings is 1. The largest absolute Gasteiger partial charge is 0.264 e. The van der Waals surface area contributed by atoms with Crippen molar-refractivity contribution in [3.8, 4) is 11.4 Å². The van der Waals surface area contributed by atoms with Gasteiger partial charge in [0.1, 0.15) is 0 Å². The standard InChI is InChI=1S/C14H13N5/c1-11-4-6-12(7-5-11)10-19-17-14(16-18-19)13-3-2-8-15-9-13/h2-9H,10H2,1H3. The fraction of sp³-hybridized carbons (Fsp3) is 0.143. The first-order valence-electron chi connectivity index (χ1n) is 6.05. The average molecular weight is 251 g/mol. The van der Waals surface area contributed by atoms with E-state index in [1.165, 1.54) is 5.56 Å². The Kier molecular flexibility index (Phi) is 3.02. The number of aryl methyl sites for hydroxylation is 1. The molecule has 0 saturated carbocycles. The van der Waals surface area contributed by atoms with Gasteiger partial charge in [0.15, 0.2) is 0 Å². The molecule has 0 atom stereocenters. The molecular formula is C14H13N5. The molecule has 0 amide bonds. The van der Waals surface area contributed by atoms with Crippen molar-refractivity contribution in [3.05, 3.63) is 59.9 Å². The minimum atomic E-state index is 0.597. The van der Waals surface area contributed by atoms with Gasteiger partial charge in [0, 0.05) is 18.0 Å². The van der Waals surface area contributed by atoms with Crippen LogP contribution in [-0.4, -0.2) is 25.2 Å². The first kappa shape index (κ1) is 11.5. The van der Waals surface area contributed by atoms with Crippen molar-refractivity contribution >= 4 is 0 Å². The average Bonchev–Trinajstić information content (AvgIpc) is 2.91. The SMILES string of the molecule is Cc1ccc(Cn2nnc(-c3cccnc3)n2)cc1. The second-order valence-corrected chi connectivity index (χ2v) is 4.37. The van der Waals surface area contributed by atoms with Crippen molar-refractivity contribution in [2.24, 2.45) is 0 Å². The van der Waals surface area contributed by atoms with E-state index in [1.54, 1.807) is 17.2 Å². The molecule has 5 nitrogen and oxygen atoms in total. The maximum absolute atomic E-state index is 4.35. The van der Waals surface area contributed by atoms with E-state index in [2.05, 4.69) is 51.6 Å². The van der Waals surface area contributed by atoms with E-state index in [4.69, 9.17) is 0 Å². The Morgan fingerprint density at radius 3 is 2.68 bits per heavy atom. The third-order valence-corrected chi connectivity index (χ3v) is 2.82. The third kappa shape index (κ3) is 2.65. The quantitative estimate of drug-likeness (QED) is 0.715. The summed E-state index contributed by atoms with van der Waals surface area (Å²) < 4.78 is 0. The summed E-state index contributed by atoms with van der Waals surface area (Å²) in [4.78, 5) is 5.64. The normalized spacial score (nSPS) is 10.6. The van der Waals surface area contributed by atoms with Crippen molar-refractivity contribution in [2.45, 2.75) is 13.5 Å². The smallest absolute Gasteiger partial charge is 0.206 e. The molecule has 2 aromatic heterocycles. The van der Waals surface area contributed by atoms with Crippen LogP contribution in [0.2, 0.25) is 0 Å². The van der Waals surface area contributed by atoms with E-state index in [0.29, 0.717) is 12.4 Å². The fourth-order valence-corrected chi connectivity index (χ4v) is 1.78. The van der Waals surface area contributed by atoms with E-state index in [1.807, 2.05) is 12.1 Å². The number of hydrogen-bond acceptors (Lipinski definition) is 4. The number of rotatable bonds is 3. The van der Waals surface area contributed by atoms with Gasteiger partial charge in [-0.15, -0.1) is 10.2 Å². The molecule has 0 aliphatic rings. The highest BCUT2D eigenvalue weighted by Gasteiger charge is 2.05. The van der Waals surface area contributed by atoms with E-state index in [0.717, 1.165) is 11.1 Å². The van der Waals surface area contributed by atoms with Gasteiger partial charge in [-0.25, -0.2) is 0 Å². The van der Waals surface area contributed by atoms with Crippen molar-refractivity contribution < 1.29 is 0 Å². The van der Waals surface area contributed by atoms with Gasteiger partial charge in [-0.2, -0.15) is 4.80 Å². The molecule has 0 N–H and O–H groups in total. The first-order chi connectivity index (χ1) is 9.31. The van der Waals surface area contributed by atoms with Crippen LogP contribution in [0.4, 0.5) is 0 Å². The van der Waals surface area contributed by atoms with E-state index in [-0.39, 0.29) is 0 Å². The third-order valence-electron chi connectivity index (χ3n) is 2.82. The van der Waals surface area contributed by atoms with Crippen LogP contribution in [0.15, 0.2) is 48.8 Å². The number of tetrazole rings is 1. The lowest BCUT2D eigenvalue weighted by molar-refractivity contribution is 0.573. The number of aromatic nitrogens is 5. The Bertz CT molecular complexity index is 658. The summed E-state index contributed by atoms with van der Waals surface area (Å²) >= 11 is 0. The Morgan fingerprint density at radius 1 is 1.11 bits per heavy atom. The van der Waals surface area contributed by atoms with Crippen LogP contribution < -0.4 is 0 Å². The maximum atomic E-state index is 4.35. The molecule has 0 radical (unpaired) electrons. The first-order valence-corrected chi connectivity index (χ1v) is 6.05. The van der Waals surface area contributed by atoms with Crippen LogP contribution in [0.3, 0.4) is 0 Å². The predicted molar refractivity (Wildman–Crippen MR) is 71.3 cm³/mol. The lowest BCUT2D eigenvalue weighted by Crippen LogP contribution is -2.03. The lowest BCUT2D eigenvalue weighted by atomic mass is 10.1. The molecule has 19 heavy (non-hydrogen) atoms. The fourth-order valence-electron chi connectivity index (χ4n) is 1.78. The molecule has 5 heteroatoms. The van der Waals surface area contributed by atoms with Crippen molar-refractivity contribution in [1.82, 2.24) is 25.2 Å². The topological polar surface area (TPSA) is 56.5 Å². The molecule has 0 aliphatic carbocycles. The molecule has 0 fully saturated rings. The number of nitrogens with zero attached hydrogens (tertiary/aromatic N) is 5. The molecule has 0 aliphatic heterocycles. The monoisotopic (exact) mass is 251 g/mol. The van der Waals surface area contributed by atoms with Gasteiger partial charge in [-0.3, -0.25) is 4.98 Å². The highest BCUT2D eigenvalue weighted by atomic mass is 15.6. The van der Waals surface area contributed by atoms with Gasteiger partial charge in [0.05, 0.1) is 6.54 Å². The zero-order valence-corrected chi connectivity index (χ0v) is 10.6. The highest BCUT2D eigenvalue weighted by molar-refractivity contribution is 5.51. The summed E-state index contributed by atoms with van der Waals surface area (Å²) in [5.74, 6) is 0.597. The molecule has 0 bridgehead atoms. The Balaban J connectivity index is 1.80. The Labute approximate surface area is 110 Å². The van der Waals surface area contributed by atoms with Crippen LogP contribution in [0.5, 0.6) is 0 Å². The summed E-state index contributed by atoms with van der Waals surface area (Å²) in [7, 11) is 0. The minimum Gasteiger partial charge on any atom is -0.264 e. The van der Waals surface area contributed by atoms with Crippen LogP contribution in [0.25, 0.3) is 11.4 Å². The van der Waals surface area contributed by atoms with Crippen LogP contribution in [-0.2, 0) is 6.54 Å². The van der Waals surface area contributed by atoms with E-state index >= 15 is 0 Å². The summed E-state index contributed by atoms with van der Waals surface area (Å²) in [6, 6.07) is 12.1. The summed E-state index contributed by atoms with van der Waals surface area (Å²) in [5, 5.41) is 12.5. The van der Waals surface area contributed by atoms with Crippen molar-refractivity contribution in [1.29, 1.82) is 0 Å². The summed E-state index contributed by atoms with van der Waals surface area (Å²) in [5.41, 5.74) is 3.27. The molecule has 1 aromatic carbocycles. The molecule has 3 rings (SSSR count). The number of pyridine rings is 1. The molecule has 2 heterocycles. The number of hydrogen-bond donors (Lipinski definition) is 0. The Morgan fingerprint density at radius 2 is 1.95 bits per heavy atom. The van der Waals surface area contributed by atoms with Gasteiger partial charge in [0.2, 0.25) is 5.82 Å². The summed E-state index contributed by atoms with van der Waals surface area (Å²) in [6.07, 6.45) is 3.45. The minimum absolute atomic E-state index is 0.597. The second-order valence-electron chi connectivity index (χ2n) is 4.37. The predicted octanol–water partition coefficient (Wildman–Crippen LogP) is 2.09. The Hall–Kier alpha value is -2.56. The van der Waals surface area contributed by atoms with Crippen LogP contribution >= 0.6 is 0 Å². The van der Waals surface area contributed by atoms with E-state index < -0.39 is 0 Å². The van der Waals surface area contributed by atoms with Crippen molar-refractivity contribution in [3.63, 3.8) is 0 Å². The molecular weight excluding hydrogens is 238 g/mol.